The van der Waals surface area contributed by atoms with E-state index in [0.717, 1.165) is 0 Å². The molecule has 0 saturated carbocycles. The second-order valence-corrected chi connectivity index (χ2v) is 22.2. The zero-order valence-corrected chi connectivity index (χ0v) is 21.3. The van der Waals surface area contributed by atoms with E-state index in [1.165, 1.54) is 96.3 Å². The van der Waals surface area contributed by atoms with Crippen molar-refractivity contribution >= 4 is 26.3 Å². The van der Waals surface area contributed by atoms with Crippen molar-refractivity contribution in [1.29, 1.82) is 0 Å². The standard InChI is InChI=1S/C23H50IP/c1-5-9-13-14-15-16-17-18-19-23-25(24,20-10-6-2,21-11-7-3)22-12-8-4/h5-23H2,1-4H3. The van der Waals surface area contributed by atoms with Gasteiger partial charge in [0.15, 0.2) is 0 Å². The van der Waals surface area contributed by atoms with E-state index in [1.807, 2.05) is 0 Å². The molecular formula is C23H50IP. The van der Waals surface area contributed by atoms with Crippen LogP contribution in [-0.4, -0.2) is 24.6 Å². The molecule has 0 aliphatic carbocycles. The average Bonchev–Trinajstić information content (AvgIpc) is 2.62. The molecule has 0 aliphatic heterocycles. The summed E-state index contributed by atoms with van der Waals surface area (Å²) in [6.45, 7) is 9.47. The summed E-state index contributed by atoms with van der Waals surface area (Å²) in [6.07, 6.45) is 28.2. The quantitative estimate of drug-likeness (QED) is 0.0972. The molecule has 0 aliphatic rings. The Morgan fingerprint density at radius 1 is 0.400 bits per heavy atom. The topological polar surface area (TPSA) is 0 Å². The van der Waals surface area contributed by atoms with E-state index >= 15 is 0 Å². The van der Waals surface area contributed by atoms with Gasteiger partial charge in [-0.25, -0.2) is 0 Å². The van der Waals surface area contributed by atoms with Crippen LogP contribution in [0.25, 0.3) is 0 Å². The van der Waals surface area contributed by atoms with Gasteiger partial charge in [0.05, 0.1) is 0 Å². The third-order valence-corrected chi connectivity index (χ3v) is 17.6. The van der Waals surface area contributed by atoms with Crippen molar-refractivity contribution < 1.29 is 0 Å². The maximum absolute atomic E-state index is 3.09. The minimum atomic E-state index is -1.46. The molecule has 0 fully saturated rings. The zero-order valence-electron chi connectivity index (χ0n) is 18.3. The molecule has 0 saturated heterocycles. The summed E-state index contributed by atoms with van der Waals surface area (Å²) in [7, 11) is 0. The molecule has 0 spiro atoms. The van der Waals surface area contributed by atoms with Gasteiger partial charge >= 0.3 is 175 Å². The van der Waals surface area contributed by atoms with E-state index in [1.54, 1.807) is 24.6 Å². The van der Waals surface area contributed by atoms with Crippen molar-refractivity contribution in [2.24, 2.45) is 0 Å². The van der Waals surface area contributed by atoms with Crippen LogP contribution in [0.1, 0.15) is 124 Å². The number of rotatable bonds is 19. The Labute approximate surface area is 174 Å². The molecule has 0 aromatic heterocycles. The molecule has 0 heterocycles. The van der Waals surface area contributed by atoms with Crippen LogP contribution in [0.4, 0.5) is 0 Å². The van der Waals surface area contributed by atoms with Crippen molar-refractivity contribution in [3.8, 4) is 0 Å². The van der Waals surface area contributed by atoms with Crippen molar-refractivity contribution in [3.05, 3.63) is 0 Å². The molecule has 0 rings (SSSR count). The van der Waals surface area contributed by atoms with Crippen molar-refractivity contribution in [2.45, 2.75) is 124 Å². The molecule has 0 amide bonds. The van der Waals surface area contributed by atoms with E-state index < -0.39 is 4.25 Å². The van der Waals surface area contributed by atoms with Crippen LogP contribution in [0.3, 0.4) is 0 Å². The Kier molecular flexibility index (Phi) is 16.9. The second-order valence-electron chi connectivity index (χ2n) is 8.60. The van der Waals surface area contributed by atoms with Crippen LogP contribution in [-0.2, 0) is 0 Å². The molecule has 25 heavy (non-hydrogen) atoms. The first kappa shape index (κ1) is 26.2. The van der Waals surface area contributed by atoms with Crippen LogP contribution in [0, 0.1) is 0 Å². The monoisotopic (exact) mass is 484 g/mol. The molecule has 0 unspecified atom stereocenters. The second kappa shape index (κ2) is 16.1. The van der Waals surface area contributed by atoms with Gasteiger partial charge < -0.3 is 0 Å². The minimum absolute atomic E-state index is 1.37. The fraction of sp³-hybridized carbons (Fsp3) is 1.00. The van der Waals surface area contributed by atoms with Crippen molar-refractivity contribution in [2.75, 3.05) is 24.6 Å². The van der Waals surface area contributed by atoms with E-state index in [4.69, 9.17) is 0 Å². The van der Waals surface area contributed by atoms with E-state index in [-0.39, 0.29) is 0 Å². The fourth-order valence-electron chi connectivity index (χ4n) is 4.15. The summed E-state index contributed by atoms with van der Waals surface area (Å²) in [4.78, 5) is 0. The van der Waals surface area contributed by atoms with Crippen LogP contribution in [0.15, 0.2) is 0 Å². The Bertz CT molecular complexity index is 265. The molecule has 0 radical (unpaired) electrons. The van der Waals surface area contributed by atoms with Crippen LogP contribution in [0.5, 0.6) is 0 Å². The summed E-state index contributed by atoms with van der Waals surface area (Å²) in [5.74, 6) is 0. The maximum atomic E-state index is 3.09. The molecule has 0 aromatic rings. The van der Waals surface area contributed by atoms with Gasteiger partial charge in [-0.2, -0.15) is 0 Å². The summed E-state index contributed by atoms with van der Waals surface area (Å²) in [5.41, 5.74) is 0. The predicted octanol–water partition coefficient (Wildman–Crippen LogP) is 9.82. The molecule has 2 heteroatoms. The third kappa shape index (κ3) is 13.0. The SMILES string of the molecule is CCCCCCCCCCCP(I)(CCCC)(CCCC)CCCC. The number of hydrogen-bond acceptors (Lipinski definition) is 0. The number of unbranched alkanes of at least 4 members (excludes halogenated alkanes) is 11. The summed E-state index contributed by atoms with van der Waals surface area (Å²) in [5, 5.41) is 0. The molecule has 0 nitrogen and oxygen atoms in total. The molecule has 0 aromatic carbocycles. The van der Waals surface area contributed by atoms with E-state index in [0.29, 0.717) is 0 Å². The van der Waals surface area contributed by atoms with Gasteiger partial charge in [0.25, 0.3) is 0 Å². The molecular weight excluding hydrogens is 434 g/mol. The van der Waals surface area contributed by atoms with Crippen molar-refractivity contribution in [3.63, 3.8) is 0 Å². The Morgan fingerprint density at radius 2 is 0.680 bits per heavy atom. The van der Waals surface area contributed by atoms with Gasteiger partial charge in [-0.15, -0.1) is 0 Å². The first-order valence-corrected chi connectivity index (χ1v) is 17.5. The molecule has 154 valence electrons. The van der Waals surface area contributed by atoms with E-state index in [2.05, 4.69) is 49.7 Å². The first-order chi connectivity index (χ1) is 12.0. The van der Waals surface area contributed by atoms with Gasteiger partial charge in [0, 0.05) is 0 Å². The fourth-order valence-corrected chi connectivity index (χ4v) is 13.9. The Morgan fingerprint density at radius 3 is 1.04 bits per heavy atom. The number of halogens is 1. The van der Waals surface area contributed by atoms with Crippen LogP contribution < -0.4 is 0 Å². The Hall–Kier alpha value is 1.16. The third-order valence-electron chi connectivity index (χ3n) is 6.03. The molecule has 0 N–H and O–H groups in total. The van der Waals surface area contributed by atoms with Gasteiger partial charge in [0.1, 0.15) is 0 Å². The zero-order chi connectivity index (χ0) is 18.9. The summed E-state index contributed by atoms with van der Waals surface area (Å²) < 4.78 is -1.46. The average molecular weight is 485 g/mol. The normalized spacial score (nSPS) is 13.7. The first-order valence-electron chi connectivity index (χ1n) is 11.8. The van der Waals surface area contributed by atoms with Crippen LogP contribution >= 0.6 is 26.3 Å². The summed E-state index contributed by atoms with van der Waals surface area (Å²) >= 11 is 3.09. The predicted molar refractivity (Wildman–Crippen MR) is 132 cm³/mol. The van der Waals surface area contributed by atoms with Gasteiger partial charge in [-0.1, -0.05) is 0 Å². The van der Waals surface area contributed by atoms with Crippen LogP contribution in [0.2, 0.25) is 0 Å². The van der Waals surface area contributed by atoms with Gasteiger partial charge in [-0.3, -0.25) is 0 Å². The molecule has 0 bridgehead atoms. The number of hydrogen-bond donors (Lipinski definition) is 0. The summed E-state index contributed by atoms with van der Waals surface area (Å²) in [6, 6.07) is 0. The molecule has 0 atom stereocenters. The van der Waals surface area contributed by atoms with Gasteiger partial charge in [0.2, 0.25) is 0 Å². The van der Waals surface area contributed by atoms with Crippen molar-refractivity contribution in [1.82, 2.24) is 0 Å². The van der Waals surface area contributed by atoms with E-state index in [9.17, 15) is 0 Å². The van der Waals surface area contributed by atoms with Gasteiger partial charge in [-0.05, 0) is 0 Å². The Balaban J connectivity index is 4.35.